The van der Waals surface area contributed by atoms with Crippen molar-refractivity contribution in [3.63, 3.8) is 0 Å². The Morgan fingerprint density at radius 2 is 1.96 bits per heavy atom. The highest BCUT2D eigenvalue weighted by Crippen LogP contribution is 2.27. The van der Waals surface area contributed by atoms with Crippen LogP contribution in [0, 0.1) is 19.7 Å². The van der Waals surface area contributed by atoms with E-state index >= 15 is 0 Å². The largest absolute Gasteiger partial charge is 0.496 e. The molecule has 25 heavy (non-hydrogen) atoms. The zero-order valence-electron chi connectivity index (χ0n) is 14.3. The molecule has 3 aromatic rings. The fourth-order valence-electron chi connectivity index (χ4n) is 2.72. The van der Waals surface area contributed by atoms with Crippen LogP contribution in [0.4, 0.5) is 4.39 Å². The van der Waals surface area contributed by atoms with Gasteiger partial charge in [-0.1, -0.05) is 30.0 Å². The van der Waals surface area contributed by atoms with Crippen molar-refractivity contribution < 1.29 is 13.9 Å². The highest BCUT2D eigenvalue weighted by Gasteiger charge is 2.15. The molecule has 0 aliphatic rings. The average molecular weight is 355 g/mol. The number of aromatic nitrogens is 1. The van der Waals surface area contributed by atoms with E-state index < -0.39 is 5.82 Å². The van der Waals surface area contributed by atoms with Crippen LogP contribution in [0.5, 0.6) is 5.75 Å². The number of methoxy groups -OCH3 is 1. The van der Waals surface area contributed by atoms with E-state index in [1.54, 1.807) is 0 Å². The minimum absolute atomic E-state index is 0.170. The summed E-state index contributed by atoms with van der Waals surface area (Å²) in [5.74, 6) is -0.0930. The van der Waals surface area contributed by atoms with Crippen LogP contribution in [0.25, 0.3) is 10.9 Å². The second-order valence-corrected chi connectivity index (χ2v) is 6.80. The molecular weight excluding hydrogens is 337 g/mol. The molecule has 1 heterocycles. The number of halogens is 1. The lowest BCUT2D eigenvalue weighted by Gasteiger charge is -2.09. The monoisotopic (exact) mass is 355 g/mol. The molecule has 0 aliphatic carbocycles. The first-order valence-corrected chi connectivity index (χ1v) is 8.84. The molecule has 0 bridgehead atoms. The maximum Gasteiger partial charge on any atom is 0.176 e. The van der Waals surface area contributed by atoms with Crippen molar-refractivity contribution >= 4 is 28.4 Å². The van der Waals surface area contributed by atoms with Gasteiger partial charge < -0.3 is 4.74 Å². The summed E-state index contributed by atoms with van der Waals surface area (Å²) in [5, 5.41) is 1.89. The highest BCUT2D eigenvalue weighted by molar-refractivity contribution is 7.99. The maximum atomic E-state index is 13.5. The number of ether oxygens (including phenoxy) is 1. The van der Waals surface area contributed by atoms with E-state index in [0.29, 0.717) is 5.75 Å². The topological polar surface area (TPSA) is 39.2 Å². The normalized spacial score (nSPS) is 10.9. The number of hydrogen-bond acceptors (Lipinski definition) is 4. The Labute approximate surface area is 150 Å². The molecule has 0 saturated heterocycles. The molecular formula is C20H18FNO2S. The van der Waals surface area contributed by atoms with Crippen LogP contribution in [0.15, 0.2) is 47.5 Å². The summed E-state index contributed by atoms with van der Waals surface area (Å²) in [7, 11) is 1.47. The van der Waals surface area contributed by atoms with E-state index in [0.717, 1.165) is 27.1 Å². The molecule has 0 amide bonds. The Kier molecular flexibility index (Phi) is 5.04. The number of benzene rings is 2. The summed E-state index contributed by atoms with van der Waals surface area (Å²) >= 11 is 1.35. The smallest absolute Gasteiger partial charge is 0.176 e. The second kappa shape index (κ2) is 7.23. The lowest BCUT2D eigenvalue weighted by molar-refractivity contribution is 0.101. The second-order valence-electron chi connectivity index (χ2n) is 5.80. The van der Waals surface area contributed by atoms with Gasteiger partial charge in [0.05, 0.1) is 29.0 Å². The van der Waals surface area contributed by atoms with Crippen molar-refractivity contribution in [2.75, 3.05) is 12.9 Å². The number of Topliss-reactive ketones (excluding diaryl/α,β-unsaturated/α-hetero) is 1. The fraction of sp³-hybridized carbons (Fsp3) is 0.200. The van der Waals surface area contributed by atoms with Crippen molar-refractivity contribution in [1.29, 1.82) is 0 Å². The fourth-order valence-corrected chi connectivity index (χ4v) is 3.57. The van der Waals surface area contributed by atoms with Gasteiger partial charge in [0, 0.05) is 5.39 Å². The summed E-state index contributed by atoms with van der Waals surface area (Å²) in [6, 6.07) is 12.0. The van der Waals surface area contributed by atoms with Crippen molar-refractivity contribution in [3.05, 3.63) is 65.0 Å². The standard InChI is InChI=1S/C20H18FNO2S/c1-12-5-4-6-15-13(2)9-19(22-20(12)15)25-11-17(23)16-10-14(21)7-8-18(16)24-3/h4-10H,11H2,1-3H3. The van der Waals surface area contributed by atoms with Crippen molar-refractivity contribution in [1.82, 2.24) is 4.98 Å². The van der Waals surface area contributed by atoms with E-state index in [9.17, 15) is 9.18 Å². The molecule has 3 rings (SSSR count). The maximum absolute atomic E-state index is 13.5. The predicted octanol–water partition coefficient (Wildman–Crippen LogP) is 4.97. The van der Waals surface area contributed by atoms with Crippen molar-refractivity contribution in [2.45, 2.75) is 18.9 Å². The lowest BCUT2D eigenvalue weighted by atomic mass is 10.1. The molecule has 0 radical (unpaired) electrons. The van der Waals surface area contributed by atoms with Crippen molar-refractivity contribution in [2.24, 2.45) is 0 Å². The van der Waals surface area contributed by atoms with Crippen LogP contribution in [0.1, 0.15) is 21.5 Å². The number of nitrogens with zero attached hydrogens (tertiary/aromatic N) is 1. The molecule has 5 heteroatoms. The first kappa shape index (κ1) is 17.4. The van der Waals surface area contributed by atoms with Gasteiger partial charge in [0.15, 0.2) is 5.78 Å². The van der Waals surface area contributed by atoms with Gasteiger partial charge in [-0.15, -0.1) is 0 Å². The predicted molar refractivity (Wildman–Crippen MR) is 99.2 cm³/mol. The number of carbonyl (C=O) groups is 1. The van der Waals surface area contributed by atoms with E-state index in [4.69, 9.17) is 4.74 Å². The zero-order valence-corrected chi connectivity index (χ0v) is 15.1. The van der Waals surface area contributed by atoms with E-state index in [1.807, 2.05) is 38.1 Å². The number of ketones is 1. The lowest BCUT2D eigenvalue weighted by Crippen LogP contribution is -2.06. The summed E-state index contributed by atoms with van der Waals surface area (Å²) in [4.78, 5) is 17.1. The van der Waals surface area contributed by atoms with Gasteiger partial charge in [-0.25, -0.2) is 9.37 Å². The van der Waals surface area contributed by atoms with Gasteiger partial charge in [-0.05, 0) is 49.2 Å². The first-order valence-electron chi connectivity index (χ1n) is 7.86. The van der Waals surface area contributed by atoms with Gasteiger partial charge >= 0.3 is 0 Å². The van der Waals surface area contributed by atoms with Gasteiger partial charge in [-0.3, -0.25) is 4.79 Å². The summed E-state index contributed by atoms with van der Waals surface area (Å²) < 4.78 is 18.6. The summed E-state index contributed by atoms with van der Waals surface area (Å²) in [6.07, 6.45) is 0. The number of pyridine rings is 1. The quantitative estimate of drug-likeness (QED) is 0.478. The third-order valence-corrected chi connectivity index (χ3v) is 4.95. The van der Waals surface area contributed by atoms with Crippen LogP contribution in [0.3, 0.4) is 0 Å². The summed E-state index contributed by atoms with van der Waals surface area (Å²) in [5.41, 5.74) is 3.41. The Bertz CT molecular complexity index is 956. The minimum Gasteiger partial charge on any atom is -0.496 e. The van der Waals surface area contributed by atoms with E-state index in [1.165, 1.54) is 37.1 Å². The van der Waals surface area contributed by atoms with Crippen LogP contribution in [0.2, 0.25) is 0 Å². The average Bonchev–Trinajstić information content (AvgIpc) is 2.60. The van der Waals surface area contributed by atoms with Crippen molar-refractivity contribution in [3.8, 4) is 5.75 Å². The minimum atomic E-state index is -0.454. The Morgan fingerprint density at radius 1 is 1.16 bits per heavy atom. The molecule has 1 aromatic heterocycles. The van der Waals surface area contributed by atoms with Crippen LogP contribution in [-0.4, -0.2) is 23.6 Å². The Hall–Kier alpha value is -2.40. The number of hydrogen-bond donors (Lipinski definition) is 0. The third kappa shape index (κ3) is 3.66. The molecule has 0 saturated carbocycles. The van der Waals surface area contributed by atoms with Gasteiger partial charge in [0.1, 0.15) is 11.6 Å². The van der Waals surface area contributed by atoms with Crippen LogP contribution >= 0.6 is 11.8 Å². The molecule has 0 unspecified atom stereocenters. The highest BCUT2D eigenvalue weighted by atomic mass is 32.2. The Balaban J connectivity index is 1.84. The number of fused-ring (bicyclic) bond motifs is 1. The number of rotatable bonds is 5. The van der Waals surface area contributed by atoms with Crippen LogP contribution in [-0.2, 0) is 0 Å². The van der Waals surface area contributed by atoms with Gasteiger partial charge in [0.2, 0.25) is 0 Å². The molecule has 0 N–H and O–H groups in total. The number of para-hydroxylation sites is 1. The number of aryl methyl sites for hydroxylation is 2. The van der Waals surface area contributed by atoms with Gasteiger partial charge in [0.25, 0.3) is 0 Å². The first-order chi connectivity index (χ1) is 12.0. The molecule has 0 atom stereocenters. The molecule has 128 valence electrons. The molecule has 2 aromatic carbocycles. The zero-order chi connectivity index (χ0) is 18.0. The number of carbonyl (C=O) groups excluding carboxylic acids is 1. The van der Waals surface area contributed by atoms with Gasteiger partial charge in [-0.2, -0.15) is 0 Å². The molecule has 0 spiro atoms. The summed E-state index contributed by atoms with van der Waals surface area (Å²) in [6.45, 7) is 4.05. The molecule has 0 aliphatic heterocycles. The van der Waals surface area contributed by atoms with E-state index in [2.05, 4.69) is 4.98 Å². The van der Waals surface area contributed by atoms with Crippen LogP contribution < -0.4 is 4.74 Å². The number of thioether (sulfide) groups is 1. The third-order valence-electron chi connectivity index (χ3n) is 4.04. The SMILES string of the molecule is COc1ccc(F)cc1C(=O)CSc1cc(C)c2cccc(C)c2n1. The molecule has 0 fully saturated rings. The Morgan fingerprint density at radius 3 is 2.72 bits per heavy atom. The van der Waals surface area contributed by atoms with E-state index in [-0.39, 0.29) is 17.1 Å². The molecule has 3 nitrogen and oxygen atoms in total.